The molecule has 0 saturated carbocycles. The van der Waals surface area contributed by atoms with Crippen LogP contribution >= 0.6 is 11.3 Å². The number of piperidine rings is 1. The van der Waals surface area contributed by atoms with Crippen LogP contribution in [-0.2, 0) is 9.59 Å². The molecule has 2 atom stereocenters. The van der Waals surface area contributed by atoms with Crippen LogP contribution in [-0.4, -0.2) is 41.1 Å². The first-order chi connectivity index (χ1) is 15.3. The summed E-state index contributed by atoms with van der Waals surface area (Å²) in [6, 6.07) is 8.74. The Morgan fingerprint density at radius 3 is 2.84 bits per heavy atom. The van der Waals surface area contributed by atoms with Crippen LogP contribution in [0.5, 0.6) is 5.75 Å². The summed E-state index contributed by atoms with van der Waals surface area (Å²) in [6.45, 7) is 4.70. The highest BCUT2D eigenvalue weighted by Crippen LogP contribution is 2.35. The van der Waals surface area contributed by atoms with Gasteiger partial charge < -0.3 is 19.2 Å². The lowest BCUT2D eigenvalue weighted by Gasteiger charge is -2.33. The first kappa shape index (κ1) is 22.1. The number of thiophene rings is 1. The molecule has 168 valence electrons. The van der Waals surface area contributed by atoms with Crippen molar-refractivity contribution in [3.63, 3.8) is 0 Å². The van der Waals surface area contributed by atoms with E-state index in [4.69, 9.17) is 14.3 Å². The molecule has 1 aliphatic rings. The number of nitrogens with zero attached hydrogens (tertiary/aromatic N) is 1. The van der Waals surface area contributed by atoms with Gasteiger partial charge in [-0.1, -0.05) is 0 Å². The third-order valence-electron chi connectivity index (χ3n) is 5.78. The van der Waals surface area contributed by atoms with Crippen molar-refractivity contribution < 1.29 is 23.8 Å². The summed E-state index contributed by atoms with van der Waals surface area (Å²) in [5, 5.41) is 11.8. The number of ether oxygens (including phenoxy) is 1. The summed E-state index contributed by atoms with van der Waals surface area (Å²) >= 11 is 1.57. The highest BCUT2D eigenvalue weighted by molar-refractivity contribution is 7.13. The number of likely N-dealkylation sites (tertiary alicyclic amines) is 1. The predicted octanol–water partition coefficient (Wildman–Crippen LogP) is 4.31. The van der Waals surface area contributed by atoms with Gasteiger partial charge in [-0.15, -0.1) is 11.3 Å². The Bertz CT molecular complexity index is 1210. The van der Waals surface area contributed by atoms with Crippen molar-refractivity contribution in [2.45, 2.75) is 39.2 Å². The van der Waals surface area contributed by atoms with Gasteiger partial charge in [0.25, 0.3) is 5.91 Å². The molecule has 4 rings (SSSR count). The van der Waals surface area contributed by atoms with E-state index in [2.05, 4.69) is 0 Å². The molecule has 0 aliphatic carbocycles. The van der Waals surface area contributed by atoms with Gasteiger partial charge >= 0.3 is 11.6 Å². The third kappa shape index (κ3) is 4.70. The standard InChI is InChI=1S/C24H25NO6S/c1-14-7-9-32-23(14)19-12-22(28)31-20-11-17(5-6-18(19)20)30-15(2)24(29)25-8-3-4-16(13-25)10-21(26)27/h5-7,9,11-12,15-16H,3-4,8,10,13H2,1-2H3,(H,26,27)/t15-,16-/m1/s1. The van der Waals surface area contributed by atoms with E-state index in [1.54, 1.807) is 35.3 Å². The first-order valence-corrected chi connectivity index (χ1v) is 11.5. The zero-order chi connectivity index (χ0) is 22.8. The molecule has 1 N–H and O–H groups in total. The number of hydrogen-bond donors (Lipinski definition) is 1. The normalized spacial score (nSPS) is 17.3. The molecule has 1 amide bonds. The van der Waals surface area contributed by atoms with E-state index in [1.807, 2.05) is 24.4 Å². The summed E-state index contributed by atoms with van der Waals surface area (Å²) < 4.78 is 11.3. The molecule has 8 heteroatoms. The van der Waals surface area contributed by atoms with Crippen LogP contribution in [0.3, 0.4) is 0 Å². The second-order valence-corrected chi connectivity index (χ2v) is 9.14. The van der Waals surface area contributed by atoms with Gasteiger partial charge in [0.15, 0.2) is 6.10 Å². The van der Waals surface area contributed by atoms with Crippen molar-refractivity contribution in [2.75, 3.05) is 13.1 Å². The van der Waals surface area contributed by atoms with Crippen LogP contribution < -0.4 is 10.4 Å². The van der Waals surface area contributed by atoms with Crippen LogP contribution in [0.1, 0.15) is 31.7 Å². The molecule has 1 aliphatic heterocycles. The summed E-state index contributed by atoms with van der Waals surface area (Å²) in [6.07, 6.45) is 0.906. The van der Waals surface area contributed by atoms with Gasteiger partial charge in [-0.3, -0.25) is 9.59 Å². The number of aliphatic carboxylic acids is 1. The number of carbonyl (C=O) groups excluding carboxylic acids is 1. The molecule has 32 heavy (non-hydrogen) atoms. The Labute approximate surface area is 189 Å². The van der Waals surface area contributed by atoms with Gasteiger partial charge in [0.05, 0.1) is 0 Å². The van der Waals surface area contributed by atoms with Crippen LogP contribution in [0.15, 0.2) is 44.9 Å². The van der Waals surface area contributed by atoms with E-state index in [0.717, 1.165) is 34.2 Å². The maximum absolute atomic E-state index is 12.9. The summed E-state index contributed by atoms with van der Waals surface area (Å²) in [7, 11) is 0. The molecule has 0 radical (unpaired) electrons. The van der Waals surface area contributed by atoms with Crippen molar-refractivity contribution in [1.29, 1.82) is 0 Å². The fraction of sp³-hybridized carbons (Fsp3) is 0.375. The Morgan fingerprint density at radius 1 is 1.31 bits per heavy atom. The molecule has 1 saturated heterocycles. The van der Waals surface area contributed by atoms with Crippen LogP contribution in [0.25, 0.3) is 21.4 Å². The average molecular weight is 456 g/mol. The summed E-state index contributed by atoms with van der Waals surface area (Å²) in [5.74, 6) is -0.625. The molecule has 0 spiro atoms. The lowest BCUT2D eigenvalue weighted by Crippen LogP contribution is -2.46. The van der Waals surface area contributed by atoms with E-state index in [1.165, 1.54) is 6.07 Å². The fourth-order valence-electron chi connectivity index (χ4n) is 4.24. The van der Waals surface area contributed by atoms with E-state index < -0.39 is 17.7 Å². The average Bonchev–Trinajstić information content (AvgIpc) is 3.17. The highest BCUT2D eigenvalue weighted by atomic mass is 32.1. The van der Waals surface area contributed by atoms with Gasteiger partial charge in [-0.05, 0) is 61.7 Å². The minimum absolute atomic E-state index is 0.0357. The fourth-order valence-corrected chi connectivity index (χ4v) is 5.20. The predicted molar refractivity (Wildman–Crippen MR) is 122 cm³/mol. The second kappa shape index (κ2) is 9.16. The van der Waals surface area contributed by atoms with Crippen molar-refractivity contribution in [3.8, 4) is 16.2 Å². The quantitative estimate of drug-likeness (QED) is 0.557. The molecule has 1 fully saturated rings. The van der Waals surface area contributed by atoms with Gasteiger partial charge in [-0.2, -0.15) is 0 Å². The minimum Gasteiger partial charge on any atom is -0.481 e. The second-order valence-electron chi connectivity index (χ2n) is 8.22. The molecule has 3 heterocycles. The molecule has 3 aromatic rings. The molecular weight excluding hydrogens is 430 g/mol. The SMILES string of the molecule is Cc1ccsc1-c1cc(=O)oc2cc(O[C@H](C)C(=O)N3CCC[C@H](CC(=O)O)C3)ccc12. The van der Waals surface area contributed by atoms with Gasteiger partial charge in [0.2, 0.25) is 0 Å². The Balaban J connectivity index is 1.53. The largest absolute Gasteiger partial charge is 0.481 e. The Morgan fingerprint density at radius 2 is 2.12 bits per heavy atom. The first-order valence-electron chi connectivity index (χ1n) is 10.6. The lowest BCUT2D eigenvalue weighted by molar-refractivity contribution is -0.143. The monoisotopic (exact) mass is 455 g/mol. The Hall–Kier alpha value is -3.13. The number of hydrogen-bond acceptors (Lipinski definition) is 6. The number of fused-ring (bicyclic) bond motifs is 1. The van der Waals surface area contributed by atoms with E-state index in [-0.39, 0.29) is 18.2 Å². The van der Waals surface area contributed by atoms with Crippen molar-refractivity contribution in [2.24, 2.45) is 5.92 Å². The van der Waals surface area contributed by atoms with Crippen molar-refractivity contribution in [1.82, 2.24) is 4.90 Å². The van der Waals surface area contributed by atoms with Crippen LogP contribution in [0.2, 0.25) is 0 Å². The zero-order valence-corrected chi connectivity index (χ0v) is 18.8. The number of aryl methyl sites for hydroxylation is 1. The minimum atomic E-state index is -0.844. The van der Waals surface area contributed by atoms with Gasteiger partial charge in [-0.25, -0.2) is 4.79 Å². The van der Waals surface area contributed by atoms with Crippen molar-refractivity contribution >= 4 is 34.2 Å². The van der Waals surface area contributed by atoms with Crippen molar-refractivity contribution in [3.05, 3.63) is 51.7 Å². The number of rotatable bonds is 6. The van der Waals surface area contributed by atoms with Crippen LogP contribution in [0, 0.1) is 12.8 Å². The molecule has 2 aromatic heterocycles. The van der Waals surface area contributed by atoms with Gasteiger partial charge in [0, 0.05) is 47.5 Å². The third-order valence-corrected chi connectivity index (χ3v) is 6.83. The zero-order valence-electron chi connectivity index (χ0n) is 18.0. The number of amides is 1. The topological polar surface area (TPSA) is 97.0 Å². The molecular formula is C24H25NO6S. The number of carboxylic acids is 1. The van der Waals surface area contributed by atoms with E-state index >= 15 is 0 Å². The Kier molecular flexibility index (Phi) is 6.32. The summed E-state index contributed by atoms with van der Waals surface area (Å²) in [4.78, 5) is 38.7. The number of carbonyl (C=O) groups is 2. The number of benzene rings is 1. The van der Waals surface area contributed by atoms with E-state index in [0.29, 0.717) is 24.4 Å². The maximum Gasteiger partial charge on any atom is 0.336 e. The van der Waals surface area contributed by atoms with Crippen LogP contribution in [0.4, 0.5) is 0 Å². The molecule has 0 bridgehead atoms. The molecule has 0 unspecified atom stereocenters. The summed E-state index contributed by atoms with van der Waals surface area (Å²) in [5.41, 5.74) is 1.86. The smallest absolute Gasteiger partial charge is 0.336 e. The maximum atomic E-state index is 12.9. The van der Waals surface area contributed by atoms with Gasteiger partial charge in [0.1, 0.15) is 11.3 Å². The lowest BCUT2D eigenvalue weighted by atomic mass is 9.94. The molecule has 1 aromatic carbocycles. The number of carboxylic acid groups (broad SMARTS) is 1. The molecule has 7 nitrogen and oxygen atoms in total. The highest BCUT2D eigenvalue weighted by Gasteiger charge is 2.29. The van der Waals surface area contributed by atoms with E-state index in [9.17, 15) is 14.4 Å².